The van der Waals surface area contributed by atoms with Crippen LogP contribution in [0.2, 0.25) is 0 Å². The molecule has 2 fully saturated rings. The number of hydrogen-bond acceptors (Lipinski definition) is 5. The van der Waals surface area contributed by atoms with E-state index in [4.69, 9.17) is 4.74 Å². The lowest BCUT2D eigenvalue weighted by Crippen LogP contribution is -2.37. The zero-order valence-corrected chi connectivity index (χ0v) is 21.2. The van der Waals surface area contributed by atoms with Gasteiger partial charge in [0.2, 0.25) is 11.8 Å². The molecule has 1 aliphatic heterocycles. The van der Waals surface area contributed by atoms with Crippen LogP contribution in [0.3, 0.4) is 0 Å². The van der Waals surface area contributed by atoms with Crippen LogP contribution in [0.15, 0.2) is 16.6 Å². The Bertz CT molecular complexity index is 855. The molecule has 1 aromatic carbocycles. The number of imide groups is 1. The molecule has 4 atom stereocenters. The molecule has 0 aromatic heterocycles. The Morgan fingerprint density at radius 2 is 1.57 bits per heavy atom. The van der Waals surface area contributed by atoms with Crippen LogP contribution in [0.5, 0.6) is 0 Å². The highest BCUT2D eigenvalue weighted by Crippen LogP contribution is 2.43. The van der Waals surface area contributed by atoms with Gasteiger partial charge in [0.25, 0.3) is 5.91 Å². The number of amides is 3. The molecule has 0 bridgehead atoms. The highest BCUT2D eigenvalue weighted by Gasteiger charge is 2.52. The van der Waals surface area contributed by atoms with E-state index in [1.54, 1.807) is 12.1 Å². The average molecular weight is 609 g/mol. The largest absolute Gasteiger partial charge is 0.454 e. The molecule has 0 spiro atoms. The number of rotatable bonds is 5. The molecule has 30 heavy (non-hydrogen) atoms. The summed E-state index contributed by atoms with van der Waals surface area (Å²) in [6.45, 7) is 2.84. The minimum atomic E-state index is -0.792. The predicted molar refractivity (Wildman–Crippen MR) is 122 cm³/mol. The number of esters is 1. The van der Waals surface area contributed by atoms with Gasteiger partial charge in [-0.05, 0) is 49.9 Å². The van der Waals surface area contributed by atoms with Crippen molar-refractivity contribution in [3.63, 3.8) is 0 Å². The van der Waals surface area contributed by atoms with Gasteiger partial charge in [0.05, 0.1) is 11.8 Å². The minimum Gasteiger partial charge on any atom is -0.454 e. The van der Waals surface area contributed by atoms with Gasteiger partial charge in [0.15, 0.2) is 6.61 Å². The number of nitrogens with one attached hydrogen (secondary N) is 1. The molecule has 3 rings (SSSR count). The van der Waals surface area contributed by atoms with E-state index in [0.29, 0.717) is 18.5 Å². The molecular weight excluding hydrogens is 588 g/mol. The van der Waals surface area contributed by atoms with Gasteiger partial charge >= 0.3 is 5.97 Å². The number of hydrogen-bond donors (Lipinski definition) is 1. The van der Waals surface area contributed by atoms with Crippen LogP contribution in [0.4, 0.5) is 5.69 Å². The van der Waals surface area contributed by atoms with Crippen LogP contribution < -0.4 is 5.32 Å². The average Bonchev–Trinajstić information content (AvgIpc) is 2.89. The maximum absolute atomic E-state index is 12.6. The summed E-state index contributed by atoms with van der Waals surface area (Å²) in [6, 6.07) is 3.60. The summed E-state index contributed by atoms with van der Waals surface area (Å²) in [6.07, 6.45) is 1.07. The summed E-state index contributed by atoms with van der Waals surface area (Å²) in [7, 11) is 0. The van der Waals surface area contributed by atoms with Gasteiger partial charge < -0.3 is 10.1 Å². The van der Waals surface area contributed by atoms with E-state index < -0.39 is 36.9 Å². The first-order valence-electron chi connectivity index (χ1n) is 9.44. The summed E-state index contributed by atoms with van der Waals surface area (Å²) in [5, 5.41) is 2.67. The van der Waals surface area contributed by atoms with Crippen molar-refractivity contribution in [2.45, 2.75) is 36.3 Å². The third kappa shape index (κ3) is 4.96. The lowest BCUT2D eigenvalue weighted by molar-refractivity contribution is -0.154. The lowest BCUT2D eigenvalue weighted by Gasteiger charge is -2.29. The summed E-state index contributed by atoms with van der Waals surface area (Å²) in [5.74, 6) is -2.83. The van der Waals surface area contributed by atoms with Crippen LogP contribution in [-0.4, -0.2) is 51.4 Å². The Hall–Kier alpha value is -1.26. The Balaban J connectivity index is 1.53. The number of carbonyl (C=O) groups excluding carboxylic acids is 4. The van der Waals surface area contributed by atoms with Crippen LogP contribution >= 0.6 is 47.8 Å². The van der Waals surface area contributed by atoms with E-state index in [0.717, 1.165) is 20.5 Å². The molecular formula is C20H21Br3N2O5. The maximum atomic E-state index is 12.6. The van der Waals surface area contributed by atoms with Gasteiger partial charge in [0.1, 0.15) is 6.54 Å². The lowest BCUT2D eigenvalue weighted by atomic mass is 9.81. The number of anilines is 1. The van der Waals surface area contributed by atoms with Crippen molar-refractivity contribution in [1.82, 2.24) is 4.90 Å². The van der Waals surface area contributed by atoms with E-state index in [-0.39, 0.29) is 21.5 Å². The van der Waals surface area contributed by atoms with Crippen molar-refractivity contribution in [2.75, 3.05) is 18.5 Å². The number of halogens is 3. The first-order valence-corrected chi connectivity index (χ1v) is 12.1. The molecule has 0 unspecified atom stereocenters. The van der Waals surface area contributed by atoms with Crippen molar-refractivity contribution >= 4 is 77.2 Å². The second-order valence-electron chi connectivity index (χ2n) is 7.61. The molecule has 162 valence electrons. The van der Waals surface area contributed by atoms with Gasteiger partial charge in [-0.3, -0.25) is 24.1 Å². The second kappa shape index (κ2) is 9.48. The van der Waals surface area contributed by atoms with Gasteiger partial charge in [0, 0.05) is 19.8 Å². The molecule has 1 N–H and O–H groups in total. The van der Waals surface area contributed by atoms with Crippen LogP contribution in [-0.2, 0) is 23.9 Å². The van der Waals surface area contributed by atoms with Gasteiger partial charge in [-0.25, -0.2) is 0 Å². The quantitative estimate of drug-likeness (QED) is 0.314. The topological polar surface area (TPSA) is 92.8 Å². The van der Waals surface area contributed by atoms with E-state index in [1.165, 1.54) is 0 Å². The maximum Gasteiger partial charge on any atom is 0.326 e. The number of fused-ring (bicyclic) bond motifs is 1. The van der Waals surface area contributed by atoms with Gasteiger partial charge in [-0.2, -0.15) is 0 Å². The Morgan fingerprint density at radius 3 is 2.07 bits per heavy atom. The molecule has 2 aliphatic rings. The molecule has 3 amide bonds. The number of nitrogens with zero attached hydrogens (tertiary/aromatic N) is 1. The van der Waals surface area contributed by atoms with Crippen LogP contribution in [0, 0.1) is 25.7 Å². The first-order chi connectivity index (χ1) is 14.1. The summed E-state index contributed by atoms with van der Waals surface area (Å²) < 4.78 is 5.95. The number of carbonyl (C=O) groups is 4. The third-order valence-electron chi connectivity index (χ3n) is 5.37. The van der Waals surface area contributed by atoms with Gasteiger partial charge in [-0.1, -0.05) is 47.8 Å². The number of alkyl halides is 2. The molecule has 1 saturated carbocycles. The van der Waals surface area contributed by atoms with Crippen molar-refractivity contribution in [2.24, 2.45) is 11.8 Å². The fraction of sp³-hybridized carbons (Fsp3) is 0.500. The van der Waals surface area contributed by atoms with E-state index >= 15 is 0 Å². The van der Waals surface area contributed by atoms with E-state index in [9.17, 15) is 19.2 Å². The zero-order valence-electron chi connectivity index (χ0n) is 16.4. The van der Waals surface area contributed by atoms with Crippen molar-refractivity contribution in [3.8, 4) is 0 Å². The fourth-order valence-corrected chi connectivity index (χ4v) is 5.32. The molecule has 1 heterocycles. The monoisotopic (exact) mass is 606 g/mol. The second-order valence-corrected chi connectivity index (χ2v) is 10.8. The van der Waals surface area contributed by atoms with Gasteiger partial charge in [-0.15, -0.1) is 0 Å². The molecule has 10 heteroatoms. The van der Waals surface area contributed by atoms with Crippen LogP contribution in [0.1, 0.15) is 24.0 Å². The van der Waals surface area contributed by atoms with Crippen LogP contribution in [0.25, 0.3) is 0 Å². The Kier molecular flexibility index (Phi) is 7.40. The SMILES string of the molecule is Cc1cc(NC(=O)COC(=O)CN2C(=O)[C@H]3C[C@H](Br)[C@@H](Br)C[C@H]3C2=O)cc(C)c1Br. The van der Waals surface area contributed by atoms with Crippen molar-refractivity contribution in [3.05, 3.63) is 27.7 Å². The number of likely N-dealkylation sites (tertiary alicyclic amines) is 1. The normalized spacial score (nSPS) is 25.8. The Morgan fingerprint density at radius 1 is 1.07 bits per heavy atom. The van der Waals surface area contributed by atoms with Crippen molar-refractivity contribution in [1.29, 1.82) is 0 Å². The molecule has 1 saturated heterocycles. The van der Waals surface area contributed by atoms with E-state index in [2.05, 4.69) is 53.1 Å². The molecule has 0 radical (unpaired) electrons. The van der Waals surface area contributed by atoms with Crippen molar-refractivity contribution < 1.29 is 23.9 Å². The Labute approximate surface area is 199 Å². The standard InChI is InChI=1S/C20H21Br3N2O5/c1-9-3-11(4-10(2)18(9)23)24-16(26)8-30-17(27)7-25-19(28)12-5-14(21)15(22)6-13(12)20(25)29/h3-4,12-15H,5-8H2,1-2H3,(H,24,26)/t12-,13+,14-,15-/m0/s1. The summed E-state index contributed by atoms with van der Waals surface area (Å²) in [5.41, 5.74) is 2.52. The zero-order chi connectivity index (χ0) is 22.2. The first kappa shape index (κ1) is 23.4. The highest BCUT2D eigenvalue weighted by atomic mass is 79.9. The smallest absolute Gasteiger partial charge is 0.326 e. The number of aryl methyl sites for hydroxylation is 2. The molecule has 7 nitrogen and oxygen atoms in total. The molecule has 1 aromatic rings. The molecule has 1 aliphatic carbocycles. The summed E-state index contributed by atoms with van der Waals surface area (Å²) in [4.78, 5) is 50.6. The summed E-state index contributed by atoms with van der Waals surface area (Å²) >= 11 is 10.5. The highest BCUT2D eigenvalue weighted by molar-refractivity contribution is 9.12. The van der Waals surface area contributed by atoms with E-state index in [1.807, 2.05) is 13.8 Å². The minimum absolute atomic E-state index is 0.0944. The fourth-order valence-electron chi connectivity index (χ4n) is 3.86. The predicted octanol–water partition coefficient (Wildman–Crippen LogP) is 3.47. The number of benzene rings is 1. The number of ether oxygens (including phenoxy) is 1. The third-order valence-corrected chi connectivity index (χ3v) is 9.36.